The lowest BCUT2D eigenvalue weighted by molar-refractivity contribution is 0.0946. The number of benzene rings is 1. The van der Waals surface area contributed by atoms with Gasteiger partial charge >= 0.3 is 0 Å². The summed E-state index contributed by atoms with van der Waals surface area (Å²) in [7, 11) is 0. The lowest BCUT2D eigenvalue weighted by Gasteiger charge is -2.03. The number of nitrogens with one attached hydrogen (secondary N) is 2. The number of imidazole rings is 2. The molecule has 2 N–H and O–H groups in total. The third-order valence-corrected chi connectivity index (χ3v) is 3.61. The zero-order chi connectivity index (χ0) is 15.8. The number of fused-ring (bicyclic) bond motifs is 2. The van der Waals surface area contributed by atoms with Crippen molar-refractivity contribution in [3.05, 3.63) is 60.1 Å². The minimum atomic E-state index is -0.213. The molecule has 0 atom stereocenters. The van der Waals surface area contributed by atoms with Gasteiger partial charge in [0.2, 0.25) is 0 Å². The fraction of sp³-hybridized carbons (Fsp3) is 0.125. The summed E-state index contributed by atoms with van der Waals surface area (Å²) >= 11 is 0. The Morgan fingerprint density at radius 2 is 2.26 bits per heavy atom. The van der Waals surface area contributed by atoms with Crippen LogP contribution in [0.15, 0.2) is 43.0 Å². The molecule has 4 aromatic rings. The second-order valence-corrected chi connectivity index (χ2v) is 5.32. The summed E-state index contributed by atoms with van der Waals surface area (Å²) in [5.41, 5.74) is 3.90. The van der Waals surface area contributed by atoms with Crippen LogP contribution in [-0.4, -0.2) is 30.2 Å². The standard InChI is InChI=1S/C16H14N6O/c1-10-19-12-3-2-11(6-13(12)20-10)7-18-16(23)14-9-22-5-4-17-8-15(22)21-14/h2-6,8-9H,7H2,1H3,(H,18,23)(H,19,20). The van der Waals surface area contributed by atoms with Gasteiger partial charge in [-0.2, -0.15) is 0 Å². The molecule has 1 aromatic carbocycles. The predicted molar refractivity (Wildman–Crippen MR) is 85.0 cm³/mol. The van der Waals surface area contributed by atoms with Crippen molar-refractivity contribution in [2.45, 2.75) is 13.5 Å². The minimum absolute atomic E-state index is 0.213. The SMILES string of the molecule is Cc1nc2ccc(CNC(=O)c3cn4ccncc4n3)cc2[nH]1. The number of carbonyl (C=O) groups is 1. The highest BCUT2D eigenvalue weighted by molar-refractivity contribution is 5.92. The number of hydrogen-bond donors (Lipinski definition) is 2. The van der Waals surface area contributed by atoms with Gasteiger partial charge in [-0.3, -0.25) is 9.78 Å². The molecule has 23 heavy (non-hydrogen) atoms. The number of H-pyrrole nitrogens is 1. The molecule has 7 nitrogen and oxygen atoms in total. The molecule has 0 spiro atoms. The molecule has 3 aromatic heterocycles. The number of carbonyl (C=O) groups excluding carboxylic acids is 1. The molecular weight excluding hydrogens is 292 g/mol. The molecule has 0 saturated carbocycles. The summed E-state index contributed by atoms with van der Waals surface area (Å²) in [6.45, 7) is 2.35. The summed E-state index contributed by atoms with van der Waals surface area (Å²) in [4.78, 5) is 28.0. The van der Waals surface area contributed by atoms with E-state index in [0.717, 1.165) is 22.4 Å². The van der Waals surface area contributed by atoms with Gasteiger partial charge in [-0.15, -0.1) is 0 Å². The van der Waals surface area contributed by atoms with Gasteiger partial charge in [-0.05, 0) is 24.6 Å². The average Bonchev–Trinajstić information content (AvgIpc) is 3.14. The molecule has 0 aliphatic rings. The van der Waals surface area contributed by atoms with E-state index in [1.807, 2.05) is 25.1 Å². The van der Waals surface area contributed by atoms with Crippen molar-refractivity contribution >= 4 is 22.6 Å². The summed E-state index contributed by atoms with van der Waals surface area (Å²) < 4.78 is 1.77. The van der Waals surface area contributed by atoms with Crippen molar-refractivity contribution in [2.75, 3.05) is 0 Å². The Kier molecular flexibility index (Phi) is 3.04. The van der Waals surface area contributed by atoms with Gasteiger partial charge in [-0.25, -0.2) is 9.97 Å². The molecular formula is C16H14N6O. The summed E-state index contributed by atoms with van der Waals surface area (Å²) in [6, 6.07) is 5.89. The van der Waals surface area contributed by atoms with Crippen LogP contribution >= 0.6 is 0 Å². The highest BCUT2D eigenvalue weighted by Crippen LogP contribution is 2.13. The van der Waals surface area contributed by atoms with Crippen molar-refractivity contribution in [1.29, 1.82) is 0 Å². The zero-order valence-electron chi connectivity index (χ0n) is 12.4. The summed E-state index contributed by atoms with van der Waals surface area (Å²) in [5.74, 6) is 0.661. The number of hydrogen-bond acceptors (Lipinski definition) is 4. The van der Waals surface area contributed by atoms with E-state index in [2.05, 4.69) is 25.3 Å². The molecule has 0 radical (unpaired) electrons. The normalized spacial score (nSPS) is 11.2. The first kappa shape index (κ1) is 13.4. The van der Waals surface area contributed by atoms with Gasteiger partial charge in [0.1, 0.15) is 11.5 Å². The number of aromatic nitrogens is 5. The van der Waals surface area contributed by atoms with E-state index in [1.54, 1.807) is 29.2 Å². The Bertz CT molecular complexity index is 983. The van der Waals surface area contributed by atoms with Crippen molar-refractivity contribution in [3.63, 3.8) is 0 Å². The molecule has 3 heterocycles. The third kappa shape index (κ3) is 2.52. The smallest absolute Gasteiger partial charge is 0.271 e. The zero-order valence-corrected chi connectivity index (χ0v) is 12.4. The fourth-order valence-corrected chi connectivity index (χ4v) is 2.52. The second-order valence-electron chi connectivity index (χ2n) is 5.32. The number of aryl methyl sites for hydroxylation is 1. The minimum Gasteiger partial charge on any atom is -0.347 e. The van der Waals surface area contributed by atoms with E-state index in [-0.39, 0.29) is 5.91 Å². The molecule has 0 saturated heterocycles. The first-order valence-electron chi connectivity index (χ1n) is 7.21. The molecule has 0 unspecified atom stereocenters. The number of rotatable bonds is 3. The Balaban J connectivity index is 1.51. The first-order valence-corrected chi connectivity index (χ1v) is 7.21. The van der Waals surface area contributed by atoms with Gasteiger partial charge in [0.15, 0.2) is 5.65 Å². The molecule has 114 valence electrons. The third-order valence-electron chi connectivity index (χ3n) is 3.61. The van der Waals surface area contributed by atoms with Crippen LogP contribution in [0.2, 0.25) is 0 Å². The van der Waals surface area contributed by atoms with Crippen LogP contribution in [-0.2, 0) is 6.54 Å². The monoisotopic (exact) mass is 306 g/mol. The van der Waals surface area contributed by atoms with Crippen LogP contribution in [0.1, 0.15) is 21.9 Å². The molecule has 7 heteroatoms. The van der Waals surface area contributed by atoms with E-state index in [0.29, 0.717) is 17.9 Å². The number of nitrogens with zero attached hydrogens (tertiary/aromatic N) is 4. The van der Waals surface area contributed by atoms with Crippen LogP contribution in [0.3, 0.4) is 0 Å². The molecule has 0 fully saturated rings. The highest BCUT2D eigenvalue weighted by atomic mass is 16.1. The van der Waals surface area contributed by atoms with E-state index in [1.165, 1.54) is 0 Å². The van der Waals surface area contributed by atoms with Gasteiger partial charge in [0.25, 0.3) is 5.91 Å². The van der Waals surface area contributed by atoms with E-state index in [4.69, 9.17) is 0 Å². The van der Waals surface area contributed by atoms with Crippen molar-refractivity contribution in [3.8, 4) is 0 Å². The van der Waals surface area contributed by atoms with Crippen LogP contribution in [0, 0.1) is 6.92 Å². The van der Waals surface area contributed by atoms with E-state index < -0.39 is 0 Å². The lowest BCUT2D eigenvalue weighted by Crippen LogP contribution is -2.23. The van der Waals surface area contributed by atoms with Gasteiger partial charge in [0, 0.05) is 25.1 Å². The van der Waals surface area contributed by atoms with Crippen molar-refractivity contribution < 1.29 is 4.79 Å². The molecule has 0 aliphatic carbocycles. The Morgan fingerprint density at radius 3 is 3.13 bits per heavy atom. The fourth-order valence-electron chi connectivity index (χ4n) is 2.52. The lowest BCUT2D eigenvalue weighted by atomic mass is 10.2. The maximum Gasteiger partial charge on any atom is 0.271 e. The Hall–Kier alpha value is -3.22. The molecule has 4 rings (SSSR count). The molecule has 0 aliphatic heterocycles. The summed E-state index contributed by atoms with van der Waals surface area (Å²) in [5, 5.41) is 2.88. The van der Waals surface area contributed by atoms with Crippen molar-refractivity contribution in [2.24, 2.45) is 0 Å². The second kappa shape index (κ2) is 5.20. The van der Waals surface area contributed by atoms with Gasteiger partial charge in [0.05, 0.1) is 17.2 Å². The van der Waals surface area contributed by atoms with E-state index >= 15 is 0 Å². The maximum atomic E-state index is 12.2. The Labute approximate surface area is 131 Å². The van der Waals surface area contributed by atoms with Crippen LogP contribution < -0.4 is 5.32 Å². The molecule has 0 bridgehead atoms. The predicted octanol–water partition coefficient (Wildman–Crippen LogP) is 1.84. The topological polar surface area (TPSA) is 88.0 Å². The maximum absolute atomic E-state index is 12.2. The molecule has 1 amide bonds. The van der Waals surface area contributed by atoms with Crippen LogP contribution in [0.5, 0.6) is 0 Å². The largest absolute Gasteiger partial charge is 0.347 e. The van der Waals surface area contributed by atoms with Crippen LogP contribution in [0.4, 0.5) is 0 Å². The van der Waals surface area contributed by atoms with Crippen LogP contribution in [0.25, 0.3) is 16.7 Å². The first-order chi connectivity index (χ1) is 11.2. The average molecular weight is 306 g/mol. The van der Waals surface area contributed by atoms with Gasteiger partial charge < -0.3 is 14.7 Å². The van der Waals surface area contributed by atoms with E-state index in [9.17, 15) is 4.79 Å². The quantitative estimate of drug-likeness (QED) is 0.604. The number of amides is 1. The van der Waals surface area contributed by atoms with Gasteiger partial charge in [-0.1, -0.05) is 6.07 Å². The summed E-state index contributed by atoms with van der Waals surface area (Å²) in [6.07, 6.45) is 6.71. The van der Waals surface area contributed by atoms with Crippen molar-refractivity contribution in [1.82, 2.24) is 29.7 Å². The Morgan fingerprint density at radius 1 is 1.35 bits per heavy atom. The highest BCUT2D eigenvalue weighted by Gasteiger charge is 2.10. The number of aromatic amines is 1.